The number of carbonyl (C=O) groups excluding carboxylic acids is 3. The number of esters is 1. The Hall–Kier alpha value is -1.99. The molecular weight excluding hydrogens is 338 g/mol. The number of amides is 3. The van der Waals surface area contributed by atoms with Gasteiger partial charge >= 0.3 is 18.1 Å². The number of carbonyl (C=O) groups is 3. The Kier molecular flexibility index (Phi) is 8.50. The van der Waals surface area contributed by atoms with Crippen molar-refractivity contribution in [2.75, 3.05) is 39.4 Å². The second-order valence-electron chi connectivity index (χ2n) is 6.73. The van der Waals surface area contributed by atoms with Crippen molar-refractivity contribution in [3.05, 3.63) is 0 Å². The van der Waals surface area contributed by atoms with E-state index in [-0.39, 0.29) is 24.1 Å². The summed E-state index contributed by atoms with van der Waals surface area (Å²) in [6, 6.07) is 0.129. The first-order chi connectivity index (χ1) is 12.6. The van der Waals surface area contributed by atoms with Crippen molar-refractivity contribution in [2.45, 2.75) is 57.9 Å². The van der Waals surface area contributed by atoms with Gasteiger partial charge in [-0.2, -0.15) is 0 Å². The molecule has 2 aliphatic heterocycles. The fraction of sp³-hybridized carbons (Fsp3) is 0.833. The molecule has 2 heterocycles. The Morgan fingerprint density at radius 3 is 2.65 bits per heavy atom. The minimum Gasteiger partial charge on any atom is -0.466 e. The monoisotopic (exact) mass is 369 g/mol. The first-order valence-electron chi connectivity index (χ1n) is 9.73. The highest BCUT2D eigenvalue weighted by molar-refractivity contribution is 5.74. The molecule has 2 fully saturated rings. The van der Waals surface area contributed by atoms with E-state index in [2.05, 4.69) is 5.32 Å². The van der Waals surface area contributed by atoms with Gasteiger partial charge in [-0.05, 0) is 39.0 Å². The van der Waals surface area contributed by atoms with Gasteiger partial charge < -0.3 is 24.6 Å². The lowest BCUT2D eigenvalue weighted by Gasteiger charge is -2.39. The second kappa shape index (κ2) is 10.9. The zero-order valence-corrected chi connectivity index (χ0v) is 15.7. The van der Waals surface area contributed by atoms with E-state index in [1.54, 1.807) is 6.92 Å². The largest absolute Gasteiger partial charge is 0.466 e. The number of likely N-dealkylation sites (tertiary alicyclic amines) is 1. The van der Waals surface area contributed by atoms with E-state index in [0.29, 0.717) is 39.3 Å². The summed E-state index contributed by atoms with van der Waals surface area (Å²) in [6.07, 6.45) is 5.20. The fourth-order valence-corrected chi connectivity index (χ4v) is 3.39. The Morgan fingerprint density at radius 2 is 1.96 bits per heavy atom. The molecular formula is C18H31N3O5. The van der Waals surface area contributed by atoms with E-state index in [0.717, 1.165) is 45.1 Å². The maximum absolute atomic E-state index is 12.2. The van der Waals surface area contributed by atoms with Gasteiger partial charge in [0.2, 0.25) is 0 Å². The zero-order chi connectivity index (χ0) is 18.8. The van der Waals surface area contributed by atoms with Gasteiger partial charge in [0.25, 0.3) is 0 Å². The van der Waals surface area contributed by atoms with E-state index in [1.165, 1.54) is 0 Å². The van der Waals surface area contributed by atoms with Crippen LogP contribution in [0.15, 0.2) is 0 Å². The molecule has 0 bridgehead atoms. The summed E-state index contributed by atoms with van der Waals surface area (Å²) in [5.41, 5.74) is 0. The lowest BCUT2D eigenvalue weighted by molar-refractivity contribution is -0.143. The van der Waals surface area contributed by atoms with Gasteiger partial charge in [0, 0.05) is 38.6 Å². The zero-order valence-electron chi connectivity index (χ0n) is 15.7. The Bertz CT molecular complexity index is 477. The van der Waals surface area contributed by atoms with Crippen LogP contribution in [0.4, 0.5) is 9.59 Å². The lowest BCUT2D eigenvalue weighted by atomic mass is 10.0. The molecule has 0 radical (unpaired) electrons. The fourth-order valence-electron chi connectivity index (χ4n) is 3.39. The van der Waals surface area contributed by atoms with Crippen LogP contribution in [-0.2, 0) is 14.3 Å². The van der Waals surface area contributed by atoms with Crippen LogP contribution in [0.25, 0.3) is 0 Å². The number of nitrogens with zero attached hydrogens (tertiary/aromatic N) is 2. The van der Waals surface area contributed by atoms with Gasteiger partial charge in [-0.15, -0.1) is 0 Å². The molecule has 148 valence electrons. The summed E-state index contributed by atoms with van der Waals surface area (Å²) in [4.78, 5) is 38.8. The lowest BCUT2D eigenvalue weighted by Crippen LogP contribution is -2.52. The van der Waals surface area contributed by atoms with Gasteiger partial charge in [0.1, 0.15) is 0 Å². The third kappa shape index (κ3) is 6.38. The minimum atomic E-state index is -0.220. The van der Waals surface area contributed by atoms with Gasteiger partial charge in [-0.25, -0.2) is 9.59 Å². The number of unbranched alkanes of at least 4 members (excludes halogenated alkanes) is 2. The van der Waals surface area contributed by atoms with E-state index in [4.69, 9.17) is 9.47 Å². The van der Waals surface area contributed by atoms with Crippen LogP contribution in [0, 0.1) is 0 Å². The number of hydrogen-bond donors (Lipinski definition) is 1. The van der Waals surface area contributed by atoms with Crippen LogP contribution in [0.3, 0.4) is 0 Å². The van der Waals surface area contributed by atoms with E-state index < -0.39 is 0 Å². The van der Waals surface area contributed by atoms with Crippen molar-refractivity contribution < 1.29 is 23.9 Å². The molecule has 0 unspecified atom stereocenters. The number of ether oxygens (including phenoxy) is 2. The molecule has 0 atom stereocenters. The predicted molar refractivity (Wildman–Crippen MR) is 95.8 cm³/mol. The standard InChI is InChI=1S/C18H31N3O5/c1-2-25-16(22)7-4-3-5-10-19-17(23)20-12-8-15(9-13-20)21-11-6-14-26-18(21)24/h15H,2-14H2,1H3,(H,19,23). The van der Waals surface area contributed by atoms with Crippen LogP contribution in [-0.4, -0.2) is 73.3 Å². The highest BCUT2D eigenvalue weighted by Gasteiger charge is 2.31. The second-order valence-corrected chi connectivity index (χ2v) is 6.73. The summed E-state index contributed by atoms with van der Waals surface area (Å²) >= 11 is 0. The van der Waals surface area contributed by atoms with Crippen LogP contribution in [0.5, 0.6) is 0 Å². The SMILES string of the molecule is CCOC(=O)CCCCCNC(=O)N1CCC(N2CCCOC2=O)CC1. The molecule has 0 saturated carbocycles. The van der Waals surface area contributed by atoms with Crippen LogP contribution in [0.2, 0.25) is 0 Å². The Labute approximate surface area is 155 Å². The summed E-state index contributed by atoms with van der Waals surface area (Å²) in [5.74, 6) is -0.156. The van der Waals surface area contributed by atoms with E-state index in [9.17, 15) is 14.4 Å². The van der Waals surface area contributed by atoms with Crippen molar-refractivity contribution in [1.29, 1.82) is 0 Å². The van der Waals surface area contributed by atoms with Gasteiger partial charge in [-0.1, -0.05) is 6.42 Å². The number of rotatable bonds is 8. The molecule has 0 aliphatic carbocycles. The van der Waals surface area contributed by atoms with E-state index in [1.807, 2.05) is 9.80 Å². The smallest absolute Gasteiger partial charge is 0.410 e. The highest BCUT2D eigenvalue weighted by Crippen LogP contribution is 2.20. The summed E-state index contributed by atoms with van der Waals surface area (Å²) in [6.45, 7) is 5.41. The van der Waals surface area contributed by atoms with Gasteiger partial charge in [0.05, 0.1) is 13.2 Å². The maximum atomic E-state index is 12.2. The molecule has 8 nitrogen and oxygen atoms in total. The van der Waals surface area contributed by atoms with Crippen LogP contribution >= 0.6 is 0 Å². The number of cyclic esters (lactones) is 1. The third-order valence-corrected chi connectivity index (χ3v) is 4.84. The summed E-state index contributed by atoms with van der Waals surface area (Å²) < 4.78 is 9.97. The van der Waals surface area contributed by atoms with Gasteiger partial charge in [-0.3, -0.25) is 4.79 Å². The number of piperidine rings is 1. The minimum absolute atomic E-state index is 0.0462. The number of urea groups is 1. The van der Waals surface area contributed by atoms with Crippen molar-refractivity contribution in [3.8, 4) is 0 Å². The molecule has 1 N–H and O–H groups in total. The van der Waals surface area contributed by atoms with Gasteiger partial charge in [0.15, 0.2) is 0 Å². The van der Waals surface area contributed by atoms with Crippen molar-refractivity contribution in [3.63, 3.8) is 0 Å². The quantitative estimate of drug-likeness (QED) is 0.523. The molecule has 8 heteroatoms. The number of hydrogen-bond acceptors (Lipinski definition) is 5. The molecule has 2 rings (SSSR count). The van der Waals surface area contributed by atoms with Crippen molar-refractivity contribution in [2.24, 2.45) is 0 Å². The maximum Gasteiger partial charge on any atom is 0.410 e. The summed E-state index contributed by atoms with van der Waals surface area (Å²) in [7, 11) is 0. The first kappa shape index (κ1) is 20.3. The van der Waals surface area contributed by atoms with Crippen LogP contribution < -0.4 is 5.32 Å². The Morgan fingerprint density at radius 1 is 1.19 bits per heavy atom. The molecule has 26 heavy (non-hydrogen) atoms. The Balaban J connectivity index is 1.55. The average Bonchev–Trinajstić information content (AvgIpc) is 2.65. The van der Waals surface area contributed by atoms with Crippen LogP contribution in [0.1, 0.15) is 51.9 Å². The van der Waals surface area contributed by atoms with E-state index >= 15 is 0 Å². The molecule has 0 aromatic rings. The topological polar surface area (TPSA) is 88.2 Å². The summed E-state index contributed by atoms with van der Waals surface area (Å²) in [5, 5.41) is 2.93. The molecule has 2 aliphatic rings. The molecule has 0 spiro atoms. The normalized spacial score (nSPS) is 18.4. The predicted octanol–water partition coefficient (Wildman–Crippen LogP) is 2.13. The number of nitrogens with one attached hydrogen (secondary N) is 1. The molecule has 0 aromatic carbocycles. The van der Waals surface area contributed by atoms with Crippen molar-refractivity contribution >= 4 is 18.1 Å². The third-order valence-electron chi connectivity index (χ3n) is 4.84. The van der Waals surface area contributed by atoms with Crippen molar-refractivity contribution in [1.82, 2.24) is 15.1 Å². The average molecular weight is 369 g/mol. The highest BCUT2D eigenvalue weighted by atomic mass is 16.6. The first-order valence-corrected chi connectivity index (χ1v) is 9.73. The molecule has 2 saturated heterocycles. The molecule has 0 aromatic heterocycles. The molecule has 3 amide bonds.